The highest BCUT2D eigenvalue weighted by Crippen LogP contribution is 2.17. The first-order valence-electron chi connectivity index (χ1n) is 6.64. The quantitative estimate of drug-likeness (QED) is 0.228. The number of esters is 1. The number of nitrogens with zero attached hydrogens (tertiary/aromatic N) is 1. The SMILES string of the molecule is O=C(/C=C/C=C/c1ccc(O)cc1)Oc1ccc([N+](=O)[O-])cc1. The van der Waals surface area contributed by atoms with Crippen LogP contribution in [0.3, 0.4) is 0 Å². The topological polar surface area (TPSA) is 89.7 Å². The molecule has 2 aromatic rings. The number of ether oxygens (including phenoxy) is 1. The van der Waals surface area contributed by atoms with Crippen molar-refractivity contribution in [2.45, 2.75) is 0 Å². The molecular formula is C17H13NO5. The van der Waals surface area contributed by atoms with Crippen LogP contribution in [0.1, 0.15) is 5.56 Å². The Balaban J connectivity index is 1.88. The molecule has 0 atom stereocenters. The minimum Gasteiger partial charge on any atom is -0.508 e. The molecule has 0 amide bonds. The van der Waals surface area contributed by atoms with Gasteiger partial charge in [-0.3, -0.25) is 10.1 Å². The highest BCUT2D eigenvalue weighted by molar-refractivity contribution is 5.84. The molecule has 1 N–H and O–H groups in total. The number of carbonyl (C=O) groups is 1. The molecule has 0 aliphatic carbocycles. The van der Waals surface area contributed by atoms with Crippen molar-refractivity contribution in [1.29, 1.82) is 0 Å². The van der Waals surface area contributed by atoms with Gasteiger partial charge >= 0.3 is 5.97 Å². The van der Waals surface area contributed by atoms with E-state index in [1.807, 2.05) is 0 Å². The van der Waals surface area contributed by atoms with E-state index in [2.05, 4.69) is 0 Å². The Labute approximate surface area is 132 Å². The second-order valence-corrected chi connectivity index (χ2v) is 4.48. The lowest BCUT2D eigenvalue weighted by Crippen LogP contribution is -2.03. The smallest absolute Gasteiger partial charge is 0.336 e. The van der Waals surface area contributed by atoms with Crippen molar-refractivity contribution < 1.29 is 19.6 Å². The second kappa shape index (κ2) is 7.56. The van der Waals surface area contributed by atoms with Crippen molar-refractivity contribution in [1.82, 2.24) is 0 Å². The maximum absolute atomic E-state index is 11.6. The van der Waals surface area contributed by atoms with Crippen molar-refractivity contribution in [3.63, 3.8) is 0 Å². The zero-order chi connectivity index (χ0) is 16.7. The molecule has 0 radical (unpaired) electrons. The van der Waals surface area contributed by atoms with Crippen molar-refractivity contribution in [2.75, 3.05) is 0 Å². The molecule has 6 nitrogen and oxygen atoms in total. The van der Waals surface area contributed by atoms with E-state index < -0.39 is 10.9 Å². The Bertz CT molecular complexity index is 746. The van der Waals surface area contributed by atoms with E-state index >= 15 is 0 Å². The molecule has 0 aliphatic heterocycles. The molecule has 0 saturated carbocycles. The number of benzene rings is 2. The normalized spacial score (nSPS) is 11.0. The number of hydrogen-bond donors (Lipinski definition) is 1. The van der Waals surface area contributed by atoms with Crippen LogP contribution in [0.15, 0.2) is 66.8 Å². The average molecular weight is 311 g/mol. The first-order valence-corrected chi connectivity index (χ1v) is 6.64. The van der Waals surface area contributed by atoms with Gasteiger partial charge in [0, 0.05) is 18.2 Å². The van der Waals surface area contributed by atoms with Gasteiger partial charge in [0.05, 0.1) is 4.92 Å². The molecule has 116 valence electrons. The van der Waals surface area contributed by atoms with E-state index in [1.54, 1.807) is 36.4 Å². The molecule has 0 fully saturated rings. The van der Waals surface area contributed by atoms with Crippen LogP contribution in [0.25, 0.3) is 6.08 Å². The Morgan fingerprint density at radius 2 is 1.70 bits per heavy atom. The van der Waals surface area contributed by atoms with Crippen LogP contribution in [-0.2, 0) is 4.79 Å². The Morgan fingerprint density at radius 1 is 1.04 bits per heavy atom. The van der Waals surface area contributed by atoms with Crippen molar-refractivity contribution >= 4 is 17.7 Å². The third-order valence-electron chi connectivity index (χ3n) is 2.79. The van der Waals surface area contributed by atoms with Gasteiger partial charge in [0.2, 0.25) is 0 Å². The van der Waals surface area contributed by atoms with Gasteiger partial charge in [-0.2, -0.15) is 0 Å². The number of nitro groups is 1. The summed E-state index contributed by atoms with van der Waals surface area (Å²) < 4.78 is 5.00. The fourth-order valence-electron chi connectivity index (χ4n) is 1.67. The van der Waals surface area contributed by atoms with Crippen molar-refractivity contribution in [3.8, 4) is 11.5 Å². The summed E-state index contributed by atoms with van der Waals surface area (Å²) in [5.74, 6) is -0.175. The standard InChI is InChI=1S/C17H13NO5/c19-15-9-5-13(6-10-15)3-1-2-4-17(20)23-16-11-7-14(8-12-16)18(21)22/h1-12,19H/b3-1+,4-2+. The van der Waals surface area contributed by atoms with Gasteiger partial charge in [-0.1, -0.05) is 30.4 Å². The third kappa shape index (κ3) is 5.13. The molecule has 6 heteroatoms. The molecule has 0 aromatic heterocycles. The second-order valence-electron chi connectivity index (χ2n) is 4.48. The largest absolute Gasteiger partial charge is 0.508 e. The summed E-state index contributed by atoms with van der Waals surface area (Å²) in [5, 5.41) is 19.7. The van der Waals surface area contributed by atoms with E-state index in [0.717, 1.165) is 5.56 Å². The highest BCUT2D eigenvalue weighted by Gasteiger charge is 2.05. The van der Waals surface area contributed by atoms with Crippen LogP contribution in [0.4, 0.5) is 5.69 Å². The lowest BCUT2D eigenvalue weighted by atomic mass is 10.2. The summed E-state index contributed by atoms with van der Waals surface area (Å²) >= 11 is 0. The van der Waals surface area contributed by atoms with Gasteiger partial charge in [0.25, 0.3) is 5.69 Å². The van der Waals surface area contributed by atoms with Crippen LogP contribution < -0.4 is 4.74 Å². The van der Waals surface area contributed by atoms with Crippen LogP contribution >= 0.6 is 0 Å². The Hall–Kier alpha value is -3.41. The van der Waals surface area contributed by atoms with Gasteiger partial charge in [-0.05, 0) is 29.8 Å². The number of non-ortho nitro benzene ring substituents is 1. The number of aromatic hydroxyl groups is 1. The summed E-state index contributed by atoms with van der Waals surface area (Å²) in [4.78, 5) is 21.6. The molecule has 23 heavy (non-hydrogen) atoms. The molecule has 2 rings (SSSR count). The number of phenolic OH excluding ortho intramolecular Hbond substituents is 1. The van der Waals surface area contributed by atoms with Gasteiger partial charge in [0.1, 0.15) is 11.5 Å². The number of rotatable bonds is 5. The first-order chi connectivity index (χ1) is 11.0. The van der Waals surface area contributed by atoms with Crippen molar-refractivity contribution in [2.24, 2.45) is 0 Å². The lowest BCUT2D eigenvalue weighted by molar-refractivity contribution is -0.384. The van der Waals surface area contributed by atoms with Crippen LogP contribution in [-0.4, -0.2) is 16.0 Å². The fraction of sp³-hybridized carbons (Fsp3) is 0. The number of allylic oxidation sites excluding steroid dienone is 2. The summed E-state index contributed by atoms with van der Waals surface area (Å²) in [6, 6.07) is 11.8. The Morgan fingerprint density at radius 3 is 2.30 bits per heavy atom. The predicted octanol–water partition coefficient (Wildman–Crippen LogP) is 3.48. The number of phenols is 1. The molecule has 0 unspecified atom stereocenters. The zero-order valence-corrected chi connectivity index (χ0v) is 12.0. The fourth-order valence-corrected chi connectivity index (χ4v) is 1.67. The van der Waals surface area contributed by atoms with Crippen LogP contribution in [0, 0.1) is 10.1 Å². The molecule has 0 heterocycles. The summed E-state index contributed by atoms with van der Waals surface area (Å²) in [7, 11) is 0. The van der Waals surface area contributed by atoms with Crippen LogP contribution in [0.5, 0.6) is 11.5 Å². The molecule has 0 bridgehead atoms. The van der Waals surface area contributed by atoms with Crippen molar-refractivity contribution in [3.05, 3.63) is 82.4 Å². The van der Waals surface area contributed by atoms with Gasteiger partial charge in [-0.15, -0.1) is 0 Å². The van der Waals surface area contributed by atoms with Crippen LogP contribution in [0.2, 0.25) is 0 Å². The number of nitro benzene ring substituents is 1. The minimum atomic E-state index is -0.589. The minimum absolute atomic E-state index is 0.0721. The van der Waals surface area contributed by atoms with Gasteiger partial charge in [0.15, 0.2) is 0 Å². The number of carbonyl (C=O) groups excluding carboxylic acids is 1. The third-order valence-corrected chi connectivity index (χ3v) is 2.79. The molecule has 0 spiro atoms. The molecular weight excluding hydrogens is 298 g/mol. The monoisotopic (exact) mass is 311 g/mol. The predicted molar refractivity (Wildman–Crippen MR) is 85.0 cm³/mol. The summed E-state index contributed by atoms with van der Waals surface area (Å²) in [6.07, 6.45) is 6.16. The molecule has 0 saturated heterocycles. The number of hydrogen-bond acceptors (Lipinski definition) is 5. The Kier molecular flexibility index (Phi) is 5.25. The zero-order valence-electron chi connectivity index (χ0n) is 12.0. The van der Waals surface area contributed by atoms with E-state index in [0.29, 0.717) is 0 Å². The summed E-state index contributed by atoms with van der Waals surface area (Å²) in [5.41, 5.74) is 0.799. The van der Waals surface area contributed by atoms with Gasteiger partial charge in [-0.25, -0.2) is 4.79 Å². The van der Waals surface area contributed by atoms with E-state index in [9.17, 15) is 14.9 Å². The van der Waals surface area contributed by atoms with E-state index in [1.165, 1.54) is 36.4 Å². The molecule has 0 aliphatic rings. The highest BCUT2D eigenvalue weighted by atomic mass is 16.6. The lowest BCUT2D eigenvalue weighted by Gasteiger charge is -1.99. The van der Waals surface area contributed by atoms with Gasteiger partial charge < -0.3 is 9.84 Å². The first kappa shape index (κ1) is 16.0. The maximum Gasteiger partial charge on any atom is 0.336 e. The maximum atomic E-state index is 11.6. The van der Waals surface area contributed by atoms with E-state index in [-0.39, 0.29) is 17.2 Å². The average Bonchev–Trinajstić information content (AvgIpc) is 2.54. The van der Waals surface area contributed by atoms with E-state index in [4.69, 9.17) is 9.84 Å². The molecule has 2 aromatic carbocycles. The summed E-state index contributed by atoms with van der Waals surface area (Å²) in [6.45, 7) is 0.